The first-order chi connectivity index (χ1) is 12.3. The van der Waals surface area contributed by atoms with Crippen LogP contribution in [-0.4, -0.2) is 17.0 Å². The average Bonchev–Trinajstić information content (AvgIpc) is 3.05. The van der Waals surface area contributed by atoms with Gasteiger partial charge in [0.15, 0.2) is 0 Å². The van der Waals surface area contributed by atoms with Gasteiger partial charge in [-0.2, -0.15) is 0 Å². The van der Waals surface area contributed by atoms with Crippen LogP contribution >= 0.6 is 22.9 Å². The first-order valence-corrected chi connectivity index (χ1v) is 9.01. The molecule has 3 rings (SSSR count). The quantitative estimate of drug-likeness (QED) is 0.632. The summed E-state index contributed by atoms with van der Waals surface area (Å²) in [5.41, 5.74) is 1.01. The van der Waals surface area contributed by atoms with Crippen molar-refractivity contribution < 1.29 is 19.1 Å². The maximum absolute atomic E-state index is 14.6. The summed E-state index contributed by atoms with van der Waals surface area (Å²) in [4.78, 5) is 23.5. The molecule has 2 atom stereocenters. The molecule has 0 aliphatic heterocycles. The molecule has 0 aliphatic carbocycles. The fourth-order valence-corrected chi connectivity index (χ4v) is 3.66. The number of hydrogen-bond acceptors (Lipinski definition) is 3. The van der Waals surface area contributed by atoms with E-state index in [1.807, 2.05) is 0 Å². The number of fused-ring (bicyclic) bond motifs is 1. The third-order valence-corrected chi connectivity index (χ3v) is 5.34. The van der Waals surface area contributed by atoms with Gasteiger partial charge < -0.3 is 10.4 Å². The Morgan fingerprint density at radius 2 is 1.77 bits per heavy atom. The Morgan fingerprint density at radius 1 is 1.12 bits per heavy atom. The molecule has 1 unspecified atom stereocenters. The maximum atomic E-state index is 14.6. The van der Waals surface area contributed by atoms with Gasteiger partial charge in [-0.15, -0.1) is 11.3 Å². The van der Waals surface area contributed by atoms with Crippen molar-refractivity contribution in [1.29, 1.82) is 0 Å². The number of thiophene rings is 1. The molecule has 2 aromatic carbocycles. The summed E-state index contributed by atoms with van der Waals surface area (Å²) >= 11 is 6.89. The minimum atomic E-state index is -1.84. The monoisotopic (exact) mass is 391 g/mol. The molecule has 0 saturated heterocycles. The molecule has 0 spiro atoms. The zero-order chi connectivity index (χ0) is 18.8. The van der Waals surface area contributed by atoms with Gasteiger partial charge in [0, 0.05) is 9.72 Å². The van der Waals surface area contributed by atoms with Crippen LogP contribution in [-0.2, 0) is 4.79 Å². The molecule has 4 nitrogen and oxygen atoms in total. The van der Waals surface area contributed by atoms with Crippen LogP contribution in [0.25, 0.3) is 10.1 Å². The van der Waals surface area contributed by atoms with E-state index in [1.165, 1.54) is 18.2 Å². The van der Waals surface area contributed by atoms with Crippen molar-refractivity contribution in [1.82, 2.24) is 5.32 Å². The van der Waals surface area contributed by atoms with E-state index in [0.717, 1.165) is 16.9 Å². The predicted molar refractivity (Wildman–Crippen MR) is 101 cm³/mol. The number of carboxylic acids is 1. The van der Waals surface area contributed by atoms with Crippen LogP contribution in [0.4, 0.5) is 4.39 Å². The van der Waals surface area contributed by atoms with Crippen LogP contribution in [0.1, 0.15) is 39.9 Å². The van der Waals surface area contributed by atoms with E-state index < -0.39 is 18.0 Å². The number of benzene rings is 2. The molecule has 0 fully saturated rings. The molecule has 1 heterocycles. The van der Waals surface area contributed by atoms with Crippen molar-refractivity contribution in [3.8, 4) is 0 Å². The van der Waals surface area contributed by atoms with Crippen molar-refractivity contribution in [2.75, 3.05) is 0 Å². The summed E-state index contributed by atoms with van der Waals surface area (Å²) in [6.07, 6.45) is -1.84. The zero-order valence-corrected chi connectivity index (χ0v) is 15.3. The van der Waals surface area contributed by atoms with E-state index in [-0.39, 0.29) is 16.5 Å². The summed E-state index contributed by atoms with van der Waals surface area (Å²) in [7, 11) is 0. The second-order valence-corrected chi connectivity index (χ2v) is 7.38. The zero-order valence-electron chi connectivity index (χ0n) is 13.7. The van der Waals surface area contributed by atoms with Crippen molar-refractivity contribution in [2.24, 2.45) is 0 Å². The Labute approximate surface area is 158 Å². The van der Waals surface area contributed by atoms with Crippen LogP contribution in [0.3, 0.4) is 0 Å². The van der Waals surface area contributed by atoms with Crippen LogP contribution < -0.4 is 5.32 Å². The second kappa shape index (κ2) is 7.43. The third-order valence-electron chi connectivity index (χ3n) is 4.01. The summed E-state index contributed by atoms with van der Waals surface area (Å²) in [6.45, 7) is 1.76. The predicted octanol–water partition coefficient (Wildman–Crippen LogP) is 5.14. The molecule has 3 aromatic rings. The molecule has 0 radical (unpaired) electrons. The average molecular weight is 392 g/mol. The number of alkyl halides is 1. The highest BCUT2D eigenvalue weighted by Crippen LogP contribution is 2.30. The number of nitrogens with one attached hydrogen (secondary N) is 1. The molecule has 2 N–H and O–H groups in total. The van der Waals surface area contributed by atoms with Gasteiger partial charge in [0.1, 0.15) is 4.88 Å². The molecule has 134 valence electrons. The van der Waals surface area contributed by atoms with E-state index in [9.17, 15) is 14.0 Å². The van der Waals surface area contributed by atoms with Gasteiger partial charge >= 0.3 is 5.97 Å². The number of hydrogen-bond donors (Lipinski definition) is 2. The van der Waals surface area contributed by atoms with Crippen LogP contribution in [0.2, 0.25) is 5.02 Å². The van der Waals surface area contributed by atoms with E-state index >= 15 is 0 Å². The van der Waals surface area contributed by atoms with Gasteiger partial charge in [-0.05, 0) is 47.7 Å². The summed E-state index contributed by atoms with van der Waals surface area (Å²) in [5.74, 6) is -1.78. The SMILES string of the molecule is C[C@@H](NC(=O)C(F)c1ccc2cc(C(=O)O)sc2c1)c1ccc(Cl)cc1. The number of carboxylic acid groups (broad SMARTS) is 1. The van der Waals surface area contributed by atoms with Gasteiger partial charge in [0.25, 0.3) is 5.91 Å². The lowest BCUT2D eigenvalue weighted by Gasteiger charge is -2.16. The molecular formula is C19H15ClFNO3S. The fourth-order valence-electron chi connectivity index (χ4n) is 2.58. The van der Waals surface area contributed by atoms with Gasteiger partial charge in [-0.3, -0.25) is 4.79 Å². The molecule has 1 amide bonds. The second-order valence-electron chi connectivity index (χ2n) is 5.86. The number of carbonyl (C=O) groups excluding carboxylic acids is 1. The van der Waals surface area contributed by atoms with Crippen LogP contribution in [0, 0.1) is 0 Å². The Hall–Kier alpha value is -2.44. The maximum Gasteiger partial charge on any atom is 0.345 e. The van der Waals surface area contributed by atoms with Gasteiger partial charge in [0.05, 0.1) is 6.04 Å². The fraction of sp³-hybridized carbons (Fsp3) is 0.158. The molecule has 0 bridgehead atoms. The number of carbonyl (C=O) groups is 2. The molecule has 0 aliphatic rings. The van der Waals surface area contributed by atoms with Gasteiger partial charge in [-0.25, -0.2) is 9.18 Å². The summed E-state index contributed by atoms with van der Waals surface area (Å²) in [5, 5.41) is 13.0. The van der Waals surface area contributed by atoms with Crippen molar-refractivity contribution in [2.45, 2.75) is 19.1 Å². The summed E-state index contributed by atoms with van der Waals surface area (Å²) in [6, 6.07) is 12.7. The van der Waals surface area contributed by atoms with Gasteiger partial charge in [0.2, 0.25) is 6.17 Å². The van der Waals surface area contributed by atoms with Crippen LogP contribution in [0.5, 0.6) is 0 Å². The molecule has 26 heavy (non-hydrogen) atoms. The van der Waals surface area contributed by atoms with Crippen LogP contribution in [0.15, 0.2) is 48.5 Å². The Bertz CT molecular complexity index is 971. The highest BCUT2D eigenvalue weighted by molar-refractivity contribution is 7.20. The van der Waals surface area contributed by atoms with Crippen molar-refractivity contribution >= 4 is 44.9 Å². The highest BCUT2D eigenvalue weighted by Gasteiger charge is 2.22. The number of rotatable bonds is 5. The molecule has 0 saturated carbocycles. The molecular weight excluding hydrogens is 377 g/mol. The van der Waals surface area contributed by atoms with Crippen molar-refractivity contribution in [3.05, 3.63) is 69.6 Å². The minimum absolute atomic E-state index is 0.174. The summed E-state index contributed by atoms with van der Waals surface area (Å²) < 4.78 is 15.2. The Morgan fingerprint density at radius 3 is 2.42 bits per heavy atom. The topological polar surface area (TPSA) is 66.4 Å². The normalized spacial score (nSPS) is 13.3. The third kappa shape index (κ3) is 3.86. The minimum Gasteiger partial charge on any atom is -0.477 e. The number of aromatic carboxylic acids is 1. The smallest absolute Gasteiger partial charge is 0.345 e. The van der Waals surface area contributed by atoms with E-state index in [4.69, 9.17) is 16.7 Å². The number of amides is 1. The Kier molecular flexibility index (Phi) is 5.25. The standard InChI is InChI=1S/C19H15ClFNO3S/c1-10(11-4-6-14(20)7-5-11)22-18(23)17(21)13-3-2-12-8-16(19(24)25)26-15(12)9-13/h2-10,17H,1H3,(H,22,23)(H,24,25)/t10-,17?/m1/s1. The van der Waals surface area contributed by atoms with E-state index in [1.54, 1.807) is 37.3 Å². The lowest BCUT2D eigenvalue weighted by Crippen LogP contribution is -2.30. The van der Waals surface area contributed by atoms with E-state index in [2.05, 4.69) is 5.32 Å². The Balaban J connectivity index is 1.76. The lowest BCUT2D eigenvalue weighted by molar-refractivity contribution is -0.126. The van der Waals surface area contributed by atoms with Gasteiger partial charge in [-0.1, -0.05) is 35.9 Å². The first kappa shape index (κ1) is 18.4. The van der Waals surface area contributed by atoms with Crippen molar-refractivity contribution in [3.63, 3.8) is 0 Å². The number of halogens is 2. The lowest BCUT2D eigenvalue weighted by atomic mass is 10.1. The highest BCUT2D eigenvalue weighted by atomic mass is 35.5. The largest absolute Gasteiger partial charge is 0.477 e. The molecule has 7 heteroatoms. The van der Waals surface area contributed by atoms with E-state index in [0.29, 0.717) is 15.1 Å². The first-order valence-electron chi connectivity index (χ1n) is 7.82. The molecule has 1 aromatic heterocycles.